The van der Waals surface area contributed by atoms with Gasteiger partial charge in [-0.25, -0.2) is 0 Å². The van der Waals surface area contributed by atoms with Crippen molar-refractivity contribution in [2.75, 3.05) is 11.9 Å². The molecule has 0 bridgehead atoms. The van der Waals surface area contributed by atoms with Crippen LogP contribution in [0.4, 0.5) is 5.69 Å². The maximum Gasteiger partial charge on any atom is 0.233 e. The molecule has 3 rings (SSSR count). The van der Waals surface area contributed by atoms with Crippen molar-refractivity contribution in [1.82, 2.24) is 4.90 Å². The zero-order valence-corrected chi connectivity index (χ0v) is 13.5. The van der Waals surface area contributed by atoms with E-state index in [9.17, 15) is 14.4 Å². The van der Waals surface area contributed by atoms with Gasteiger partial charge in [-0.3, -0.25) is 19.3 Å². The summed E-state index contributed by atoms with van der Waals surface area (Å²) in [5.74, 6) is 1.73. The molecule has 2 aliphatic rings. The summed E-state index contributed by atoms with van der Waals surface area (Å²) < 4.78 is 0. The van der Waals surface area contributed by atoms with Gasteiger partial charge in [-0.05, 0) is 31.0 Å². The Morgan fingerprint density at radius 1 is 1.21 bits per heavy atom. The van der Waals surface area contributed by atoms with E-state index in [4.69, 9.17) is 6.42 Å². The van der Waals surface area contributed by atoms with Gasteiger partial charge in [0, 0.05) is 24.2 Å². The Hall–Kier alpha value is -2.61. The number of rotatable bonds is 4. The molecule has 5 nitrogen and oxygen atoms in total. The summed E-state index contributed by atoms with van der Waals surface area (Å²) in [6, 6.07) is 7.00. The Bertz CT molecular complexity index is 696. The summed E-state index contributed by atoms with van der Waals surface area (Å²) in [5, 5.41) is 2.75. The van der Waals surface area contributed by atoms with Crippen molar-refractivity contribution >= 4 is 23.4 Å². The van der Waals surface area contributed by atoms with Crippen molar-refractivity contribution in [3.63, 3.8) is 0 Å². The third-order valence-electron chi connectivity index (χ3n) is 4.81. The third-order valence-corrected chi connectivity index (χ3v) is 4.81. The van der Waals surface area contributed by atoms with E-state index in [1.807, 2.05) is 0 Å². The van der Waals surface area contributed by atoms with Gasteiger partial charge in [0.1, 0.15) is 0 Å². The van der Waals surface area contributed by atoms with E-state index in [0.717, 1.165) is 25.7 Å². The van der Waals surface area contributed by atoms with Crippen molar-refractivity contribution in [1.29, 1.82) is 0 Å². The molecule has 2 atom stereocenters. The molecule has 1 N–H and O–H groups in total. The van der Waals surface area contributed by atoms with Crippen LogP contribution in [0, 0.1) is 24.2 Å². The van der Waals surface area contributed by atoms with Crippen LogP contribution < -0.4 is 5.32 Å². The number of likely N-dealkylation sites (tertiary alicyclic amines) is 1. The lowest BCUT2D eigenvalue weighted by atomic mass is 9.81. The number of carbonyl (C=O) groups is 3. The van der Waals surface area contributed by atoms with Gasteiger partial charge in [0.15, 0.2) is 0 Å². The van der Waals surface area contributed by atoms with Gasteiger partial charge in [-0.2, -0.15) is 0 Å². The van der Waals surface area contributed by atoms with Crippen LogP contribution >= 0.6 is 0 Å². The lowest BCUT2D eigenvalue weighted by Crippen LogP contribution is -2.34. The summed E-state index contributed by atoms with van der Waals surface area (Å²) in [6.45, 7) is 0.144. The fourth-order valence-corrected chi connectivity index (χ4v) is 3.57. The molecule has 1 aromatic rings. The van der Waals surface area contributed by atoms with Crippen LogP contribution in [0.5, 0.6) is 0 Å². The summed E-state index contributed by atoms with van der Waals surface area (Å²) in [7, 11) is 0. The molecule has 0 radical (unpaired) electrons. The number of imide groups is 1. The lowest BCUT2D eigenvalue weighted by Gasteiger charge is -2.19. The summed E-state index contributed by atoms with van der Waals surface area (Å²) >= 11 is 0. The van der Waals surface area contributed by atoms with Crippen molar-refractivity contribution in [3.05, 3.63) is 29.8 Å². The topological polar surface area (TPSA) is 66.5 Å². The van der Waals surface area contributed by atoms with Crippen LogP contribution in [0.2, 0.25) is 0 Å². The number of fused-ring (bicyclic) bond motifs is 1. The second kappa shape index (κ2) is 6.88. The monoisotopic (exact) mass is 324 g/mol. The maximum absolute atomic E-state index is 12.4. The molecule has 1 aliphatic heterocycles. The normalized spacial score (nSPS) is 22.9. The Morgan fingerprint density at radius 2 is 1.88 bits per heavy atom. The van der Waals surface area contributed by atoms with E-state index >= 15 is 0 Å². The van der Waals surface area contributed by atoms with Gasteiger partial charge in [0.05, 0.1) is 11.8 Å². The van der Waals surface area contributed by atoms with Crippen molar-refractivity contribution in [3.8, 4) is 12.3 Å². The summed E-state index contributed by atoms with van der Waals surface area (Å²) in [6.07, 6.45) is 9.01. The van der Waals surface area contributed by atoms with E-state index in [1.165, 1.54) is 4.90 Å². The molecule has 124 valence electrons. The molecule has 24 heavy (non-hydrogen) atoms. The number of nitrogens with zero attached hydrogens (tertiary/aromatic N) is 1. The van der Waals surface area contributed by atoms with Crippen molar-refractivity contribution in [2.24, 2.45) is 11.8 Å². The van der Waals surface area contributed by atoms with Gasteiger partial charge in [-0.15, -0.1) is 6.42 Å². The molecule has 1 aromatic carbocycles. The van der Waals surface area contributed by atoms with Crippen molar-refractivity contribution < 1.29 is 14.4 Å². The predicted octanol–water partition coefficient (Wildman–Crippen LogP) is 2.17. The molecule has 3 amide bonds. The van der Waals surface area contributed by atoms with Crippen LogP contribution in [0.15, 0.2) is 24.3 Å². The SMILES string of the molecule is C#Cc1cccc(NC(=O)CCN2C(=O)C3CCCCC3C2=O)c1. The number of benzene rings is 1. The molecule has 1 saturated carbocycles. The Balaban J connectivity index is 1.57. The van der Waals surface area contributed by atoms with E-state index in [0.29, 0.717) is 11.3 Å². The molecule has 1 aliphatic carbocycles. The predicted molar refractivity (Wildman–Crippen MR) is 89.8 cm³/mol. The highest BCUT2D eigenvalue weighted by Gasteiger charge is 2.47. The Morgan fingerprint density at radius 3 is 2.50 bits per heavy atom. The van der Waals surface area contributed by atoms with Gasteiger partial charge in [0.25, 0.3) is 0 Å². The summed E-state index contributed by atoms with van der Waals surface area (Å²) in [4.78, 5) is 38.1. The minimum absolute atomic E-state index is 0.0944. The standard InChI is InChI=1S/C19H20N2O3/c1-2-13-6-5-7-14(12-13)20-17(22)10-11-21-18(23)15-8-3-4-9-16(15)19(21)24/h1,5-7,12,15-16H,3-4,8-11H2,(H,20,22). The zero-order valence-electron chi connectivity index (χ0n) is 13.5. The molecule has 2 fully saturated rings. The minimum Gasteiger partial charge on any atom is -0.326 e. The average Bonchev–Trinajstić information content (AvgIpc) is 2.84. The van der Waals surface area contributed by atoms with Gasteiger partial charge in [0.2, 0.25) is 17.7 Å². The van der Waals surface area contributed by atoms with Gasteiger partial charge < -0.3 is 5.32 Å². The third kappa shape index (κ3) is 3.18. The number of anilines is 1. The molecule has 1 saturated heterocycles. The number of carbonyl (C=O) groups excluding carboxylic acids is 3. The van der Waals surface area contributed by atoms with Crippen LogP contribution in [0.3, 0.4) is 0 Å². The first kappa shape index (κ1) is 16.3. The zero-order chi connectivity index (χ0) is 17.1. The Labute approximate surface area is 141 Å². The number of nitrogens with one attached hydrogen (secondary N) is 1. The van der Waals surface area contributed by atoms with Gasteiger partial charge >= 0.3 is 0 Å². The van der Waals surface area contributed by atoms with Crippen molar-refractivity contribution in [2.45, 2.75) is 32.1 Å². The molecule has 0 spiro atoms. The fourth-order valence-electron chi connectivity index (χ4n) is 3.57. The van der Waals surface area contributed by atoms with E-state index in [2.05, 4.69) is 11.2 Å². The largest absolute Gasteiger partial charge is 0.326 e. The highest BCUT2D eigenvalue weighted by Crippen LogP contribution is 2.37. The highest BCUT2D eigenvalue weighted by atomic mass is 16.2. The number of hydrogen-bond acceptors (Lipinski definition) is 3. The Kier molecular flexibility index (Phi) is 4.66. The van der Waals surface area contributed by atoms with Gasteiger partial charge in [-0.1, -0.05) is 24.8 Å². The molecule has 5 heteroatoms. The lowest BCUT2D eigenvalue weighted by molar-refractivity contribution is -0.140. The maximum atomic E-state index is 12.4. The first-order valence-electron chi connectivity index (χ1n) is 8.32. The average molecular weight is 324 g/mol. The van der Waals surface area contributed by atoms with Crippen LogP contribution in [-0.4, -0.2) is 29.2 Å². The molecular formula is C19H20N2O3. The molecule has 1 heterocycles. The van der Waals surface area contributed by atoms with Crippen LogP contribution in [0.1, 0.15) is 37.7 Å². The van der Waals surface area contributed by atoms with Crippen LogP contribution in [-0.2, 0) is 14.4 Å². The van der Waals surface area contributed by atoms with E-state index in [-0.39, 0.29) is 42.5 Å². The summed E-state index contributed by atoms with van der Waals surface area (Å²) in [5.41, 5.74) is 1.30. The highest BCUT2D eigenvalue weighted by molar-refractivity contribution is 6.05. The second-order valence-corrected chi connectivity index (χ2v) is 6.35. The molecular weight excluding hydrogens is 304 g/mol. The van der Waals surface area contributed by atoms with E-state index < -0.39 is 0 Å². The second-order valence-electron chi connectivity index (χ2n) is 6.35. The first-order valence-corrected chi connectivity index (χ1v) is 8.32. The number of terminal acetylenes is 1. The molecule has 0 aromatic heterocycles. The number of amides is 3. The van der Waals surface area contributed by atoms with E-state index in [1.54, 1.807) is 24.3 Å². The van der Waals surface area contributed by atoms with Crippen LogP contribution in [0.25, 0.3) is 0 Å². The smallest absolute Gasteiger partial charge is 0.233 e. The fraction of sp³-hybridized carbons (Fsp3) is 0.421. The quantitative estimate of drug-likeness (QED) is 0.682. The number of hydrogen-bond donors (Lipinski definition) is 1. The first-order chi connectivity index (χ1) is 11.6. The minimum atomic E-state index is -0.236. The molecule has 2 unspecified atom stereocenters.